The van der Waals surface area contributed by atoms with Gasteiger partial charge in [-0.1, -0.05) is 18.6 Å². The van der Waals surface area contributed by atoms with Gasteiger partial charge in [0.15, 0.2) is 0 Å². The zero-order valence-corrected chi connectivity index (χ0v) is 18.4. The van der Waals surface area contributed by atoms with Crippen LogP contribution >= 0.6 is 0 Å². The largest absolute Gasteiger partial charge is 0.462 e. The molecule has 0 N–H and O–H groups in total. The van der Waals surface area contributed by atoms with Crippen molar-refractivity contribution in [2.75, 3.05) is 0 Å². The molecule has 4 heteroatoms. The summed E-state index contributed by atoms with van der Waals surface area (Å²) in [5.74, 6) is 3.80. The van der Waals surface area contributed by atoms with Crippen LogP contribution in [0.15, 0.2) is 12.2 Å². The summed E-state index contributed by atoms with van der Waals surface area (Å²) in [6, 6.07) is 0. The third-order valence-electron chi connectivity index (χ3n) is 8.25. The molecule has 4 aliphatic rings. The lowest BCUT2D eigenvalue weighted by atomic mass is 9.78. The first kappa shape index (κ1) is 20.9. The van der Waals surface area contributed by atoms with Crippen molar-refractivity contribution < 1.29 is 19.1 Å². The molecule has 7 unspecified atom stereocenters. The summed E-state index contributed by atoms with van der Waals surface area (Å²) in [5, 5.41) is 0. The third kappa shape index (κ3) is 4.88. The number of esters is 2. The summed E-state index contributed by atoms with van der Waals surface area (Å²) in [6.45, 7) is 5.57. The van der Waals surface area contributed by atoms with Gasteiger partial charge in [0.1, 0.15) is 11.7 Å². The Hall–Kier alpha value is -1.32. The minimum atomic E-state index is -0.424. The predicted octanol–water partition coefficient (Wildman–Crippen LogP) is 5.45. The number of hydrogen-bond donors (Lipinski definition) is 0. The molecule has 0 aromatic heterocycles. The molecule has 0 aliphatic heterocycles. The van der Waals surface area contributed by atoms with Crippen LogP contribution in [0, 0.1) is 35.5 Å². The van der Waals surface area contributed by atoms with Gasteiger partial charge in [0, 0.05) is 12.8 Å². The van der Waals surface area contributed by atoms with Gasteiger partial charge in [0.25, 0.3) is 0 Å². The molecule has 29 heavy (non-hydrogen) atoms. The highest BCUT2D eigenvalue weighted by Crippen LogP contribution is 2.53. The van der Waals surface area contributed by atoms with Crippen molar-refractivity contribution in [1.29, 1.82) is 0 Å². The van der Waals surface area contributed by atoms with Gasteiger partial charge in [-0.15, -0.1) is 0 Å². The van der Waals surface area contributed by atoms with Gasteiger partial charge in [-0.25, -0.2) is 0 Å². The smallest absolute Gasteiger partial charge is 0.310 e. The van der Waals surface area contributed by atoms with Crippen LogP contribution in [-0.2, 0) is 19.1 Å². The third-order valence-corrected chi connectivity index (χ3v) is 8.25. The highest BCUT2D eigenvalue weighted by atomic mass is 16.6. The summed E-state index contributed by atoms with van der Waals surface area (Å²) < 4.78 is 11.5. The van der Waals surface area contributed by atoms with E-state index >= 15 is 0 Å². The molecular weight excluding hydrogens is 364 g/mol. The maximum atomic E-state index is 12.7. The topological polar surface area (TPSA) is 52.6 Å². The predicted molar refractivity (Wildman–Crippen MR) is 112 cm³/mol. The molecule has 7 atom stereocenters. The lowest BCUT2D eigenvalue weighted by Gasteiger charge is -2.37. The molecule has 4 bridgehead atoms. The van der Waals surface area contributed by atoms with Crippen LogP contribution in [0.4, 0.5) is 0 Å². The first-order valence-corrected chi connectivity index (χ1v) is 11.9. The van der Waals surface area contributed by atoms with Crippen molar-refractivity contribution in [3.05, 3.63) is 12.2 Å². The molecule has 0 saturated heterocycles. The Balaban J connectivity index is 1.25. The normalized spacial score (nSPS) is 35.8. The van der Waals surface area contributed by atoms with E-state index in [0.717, 1.165) is 42.9 Å². The van der Waals surface area contributed by atoms with Crippen molar-refractivity contribution in [2.45, 2.75) is 96.7 Å². The molecule has 0 aromatic rings. The van der Waals surface area contributed by atoms with Gasteiger partial charge < -0.3 is 9.47 Å². The Bertz CT molecular complexity index is 651. The lowest BCUT2D eigenvalue weighted by Crippen LogP contribution is -2.40. The fraction of sp³-hybridized carbons (Fsp3) is 0.840. The number of hydrogen-bond acceptors (Lipinski definition) is 4. The van der Waals surface area contributed by atoms with E-state index in [4.69, 9.17) is 9.47 Å². The highest BCUT2D eigenvalue weighted by Gasteiger charge is 2.48. The molecule has 3 saturated carbocycles. The molecule has 3 fully saturated rings. The minimum Gasteiger partial charge on any atom is -0.462 e. The van der Waals surface area contributed by atoms with E-state index in [-0.39, 0.29) is 24.5 Å². The average molecular weight is 403 g/mol. The lowest BCUT2D eigenvalue weighted by molar-refractivity contribution is -0.168. The zero-order valence-electron chi connectivity index (χ0n) is 18.4. The maximum Gasteiger partial charge on any atom is 0.310 e. The van der Waals surface area contributed by atoms with Crippen molar-refractivity contribution in [3.8, 4) is 0 Å². The fourth-order valence-corrected chi connectivity index (χ4v) is 6.96. The number of carbonyl (C=O) groups is 2. The van der Waals surface area contributed by atoms with Crippen molar-refractivity contribution in [2.24, 2.45) is 35.5 Å². The molecule has 0 spiro atoms. The molecule has 0 aromatic carbocycles. The van der Waals surface area contributed by atoms with Gasteiger partial charge in [0.05, 0.1) is 6.42 Å². The molecule has 4 aliphatic carbocycles. The van der Waals surface area contributed by atoms with Crippen LogP contribution in [-0.4, -0.2) is 23.6 Å². The van der Waals surface area contributed by atoms with Crippen LogP contribution in [0.3, 0.4) is 0 Å². The van der Waals surface area contributed by atoms with E-state index in [9.17, 15) is 9.59 Å². The molecule has 162 valence electrons. The van der Waals surface area contributed by atoms with Gasteiger partial charge in [-0.2, -0.15) is 0 Å². The Labute approximate surface area is 175 Å². The van der Waals surface area contributed by atoms with Crippen LogP contribution in [0.2, 0.25) is 0 Å². The van der Waals surface area contributed by atoms with Crippen molar-refractivity contribution in [1.82, 2.24) is 0 Å². The van der Waals surface area contributed by atoms with Crippen LogP contribution in [0.25, 0.3) is 0 Å². The number of ether oxygens (including phenoxy) is 2. The second-order valence-electron chi connectivity index (χ2n) is 10.8. The molecule has 0 heterocycles. The first-order valence-electron chi connectivity index (χ1n) is 11.9. The quantitative estimate of drug-likeness (QED) is 0.380. The number of allylic oxidation sites excluding steroid dienone is 2. The van der Waals surface area contributed by atoms with Gasteiger partial charge in [-0.3, -0.25) is 9.59 Å². The van der Waals surface area contributed by atoms with Crippen molar-refractivity contribution in [3.63, 3.8) is 0 Å². The van der Waals surface area contributed by atoms with Crippen LogP contribution in [0.5, 0.6) is 0 Å². The SMILES string of the molecule is CC(=O)OC(CCCC1CC2C=CC1C2)CC(=O)OC(C)(C)C1CC2CCC1C2. The zero-order chi connectivity index (χ0) is 20.6. The second-order valence-corrected chi connectivity index (χ2v) is 10.8. The standard InChI is InChI=1S/C25H38O4/c1-16(26)28-22(6-4-5-19-11-17-7-9-20(19)12-17)15-24(27)29-25(2,3)23-14-18-8-10-21(23)13-18/h7,9,17-23H,4-6,8,10-15H2,1-3H3. The van der Waals surface area contributed by atoms with E-state index in [1.165, 1.54) is 45.4 Å². The number of rotatable bonds is 9. The van der Waals surface area contributed by atoms with E-state index in [1.54, 1.807) is 0 Å². The summed E-state index contributed by atoms with van der Waals surface area (Å²) in [6.07, 6.45) is 15.2. The van der Waals surface area contributed by atoms with Crippen LogP contribution < -0.4 is 0 Å². The summed E-state index contributed by atoms with van der Waals surface area (Å²) in [5.41, 5.74) is -0.424. The molecular formula is C25H38O4. The van der Waals surface area contributed by atoms with Gasteiger partial charge >= 0.3 is 11.9 Å². The van der Waals surface area contributed by atoms with E-state index in [2.05, 4.69) is 26.0 Å². The molecule has 4 nitrogen and oxygen atoms in total. The van der Waals surface area contributed by atoms with Crippen LogP contribution in [0.1, 0.15) is 85.0 Å². The second kappa shape index (κ2) is 8.43. The fourth-order valence-electron chi connectivity index (χ4n) is 6.96. The maximum absolute atomic E-state index is 12.7. The number of carbonyl (C=O) groups excluding carboxylic acids is 2. The van der Waals surface area contributed by atoms with E-state index < -0.39 is 5.60 Å². The minimum absolute atomic E-state index is 0.181. The Kier molecular flexibility index (Phi) is 6.09. The molecule has 0 radical (unpaired) electrons. The highest BCUT2D eigenvalue weighted by molar-refractivity contribution is 5.72. The average Bonchev–Trinajstić information content (AvgIpc) is 3.41. The summed E-state index contributed by atoms with van der Waals surface area (Å²) in [7, 11) is 0. The Morgan fingerprint density at radius 1 is 1.10 bits per heavy atom. The van der Waals surface area contributed by atoms with Gasteiger partial charge in [0.2, 0.25) is 0 Å². The molecule has 4 rings (SSSR count). The van der Waals surface area contributed by atoms with E-state index in [1.807, 2.05) is 0 Å². The number of fused-ring (bicyclic) bond motifs is 4. The van der Waals surface area contributed by atoms with E-state index in [0.29, 0.717) is 11.8 Å². The van der Waals surface area contributed by atoms with Crippen molar-refractivity contribution >= 4 is 11.9 Å². The van der Waals surface area contributed by atoms with Gasteiger partial charge in [-0.05, 0) is 94.8 Å². The monoisotopic (exact) mass is 402 g/mol. The first-order chi connectivity index (χ1) is 13.8. The summed E-state index contributed by atoms with van der Waals surface area (Å²) >= 11 is 0. The Morgan fingerprint density at radius 2 is 1.93 bits per heavy atom. The Morgan fingerprint density at radius 3 is 2.52 bits per heavy atom. The molecule has 0 amide bonds. The summed E-state index contributed by atoms with van der Waals surface area (Å²) in [4.78, 5) is 24.3.